The van der Waals surface area contributed by atoms with Crippen LogP contribution in [0.5, 0.6) is 0 Å². The van der Waals surface area contributed by atoms with Crippen LogP contribution in [0.2, 0.25) is 0 Å². The molecule has 3 aliphatic heterocycles. The third-order valence-electron chi connectivity index (χ3n) is 5.29. The van der Waals surface area contributed by atoms with Crippen LogP contribution < -0.4 is 0 Å². The van der Waals surface area contributed by atoms with Crippen LogP contribution in [0.25, 0.3) is 0 Å². The van der Waals surface area contributed by atoms with Gasteiger partial charge in [0.2, 0.25) is 0 Å². The van der Waals surface area contributed by atoms with E-state index in [2.05, 4.69) is 0 Å². The molecule has 3 aliphatic rings. The first-order chi connectivity index (χ1) is 14.1. The fourth-order valence-corrected chi connectivity index (χ4v) is 3.37. The molecule has 0 spiro atoms. The Morgan fingerprint density at radius 2 is 1.23 bits per heavy atom. The molecule has 3 saturated heterocycles. The van der Waals surface area contributed by atoms with Crippen molar-refractivity contribution in [1.29, 1.82) is 0 Å². The maximum atomic E-state index is 10.3. The molecule has 0 bridgehead atoms. The molecule has 0 amide bonds. The van der Waals surface area contributed by atoms with Gasteiger partial charge in [0.25, 0.3) is 0 Å². The summed E-state index contributed by atoms with van der Waals surface area (Å²) in [6, 6.07) is 0. The van der Waals surface area contributed by atoms with Crippen LogP contribution in [0, 0.1) is 0 Å². The third-order valence-corrected chi connectivity index (χ3v) is 5.29. The Morgan fingerprint density at radius 3 is 1.90 bits per heavy atom. The van der Waals surface area contributed by atoms with Gasteiger partial charge in [-0.25, -0.2) is 0 Å². The van der Waals surface area contributed by atoms with E-state index in [0.717, 1.165) is 0 Å². The number of rotatable bonds is 5. The van der Waals surface area contributed by atoms with Gasteiger partial charge < -0.3 is 69.6 Å². The number of ether oxygens (including phenoxy) is 5. The minimum atomic E-state index is -1.78. The van der Waals surface area contributed by atoms with E-state index in [1.807, 2.05) is 0 Å². The Kier molecular flexibility index (Phi) is 7.97. The first-order valence-electron chi connectivity index (χ1n) is 9.40. The average Bonchev–Trinajstić information content (AvgIpc) is 2.72. The molecule has 13 atom stereocenters. The number of hydrogen-bond acceptors (Lipinski definition) is 14. The molecule has 0 saturated carbocycles. The van der Waals surface area contributed by atoms with Crippen LogP contribution in [-0.4, -0.2) is 146 Å². The summed E-state index contributed by atoms with van der Waals surface area (Å²) in [6.07, 6.45) is -19.9. The quantitative estimate of drug-likeness (QED) is 0.192. The molecule has 9 N–H and O–H groups in total. The second-order valence-corrected chi connectivity index (χ2v) is 7.48. The summed E-state index contributed by atoms with van der Waals surface area (Å²) >= 11 is 0. The highest BCUT2D eigenvalue weighted by molar-refractivity contribution is 4.91. The zero-order chi connectivity index (χ0) is 22.2. The zero-order valence-electron chi connectivity index (χ0n) is 15.7. The van der Waals surface area contributed by atoms with Crippen molar-refractivity contribution >= 4 is 0 Å². The van der Waals surface area contributed by atoms with E-state index >= 15 is 0 Å². The summed E-state index contributed by atoms with van der Waals surface area (Å²) < 4.78 is 26.2. The van der Waals surface area contributed by atoms with Crippen molar-refractivity contribution in [3.05, 3.63) is 0 Å². The van der Waals surface area contributed by atoms with Crippen molar-refractivity contribution in [2.75, 3.05) is 19.8 Å². The van der Waals surface area contributed by atoms with Crippen LogP contribution in [0.15, 0.2) is 0 Å². The van der Waals surface area contributed by atoms with E-state index in [9.17, 15) is 46.0 Å². The Hall–Kier alpha value is -0.560. The summed E-state index contributed by atoms with van der Waals surface area (Å²) in [6.45, 7) is -1.19. The van der Waals surface area contributed by atoms with E-state index in [1.165, 1.54) is 0 Å². The molecule has 30 heavy (non-hydrogen) atoms. The summed E-state index contributed by atoms with van der Waals surface area (Å²) in [5.41, 5.74) is 0. The van der Waals surface area contributed by atoms with Gasteiger partial charge in [-0.15, -0.1) is 0 Å². The summed E-state index contributed by atoms with van der Waals surface area (Å²) in [7, 11) is 0. The first kappa shape index (κ1) is 24.1. The van der Waals surface area contributed by atoms with Crippen LogP contribution >= 0.6 is 0 Å². The smallest absolute Gasteiger partial charge is 0.186 e. The van der Waals surface area contributed by atoms with Gasteiger partial charge in [0.1, 0.15) is 61.0 Å². The second kappa shape index (κ2) is 9.93. The summed E-state index contributed by atoms with van der Waals surface area (Å²) in [5, 5.41) is 88.2. The molecular formula is C16H28O14. The van der Waals surface area contributed by atoms with Gasteiger partial charge in [0.05, 0.1) is 19.8 Å². The molecule has 0 aromatic heterocycles. The summed E-state index contributed by atoms with van der Waals surface area (Å²) in [5.74, 6) is 0. The predicted octanol–water partition coefficient (Wildman–Crippen LogP) is -6.29. The Labute approximate surface area is 170 Å². The van der Waals surface area contributed by atoms with Gasteiger partial charge in [-0.3, -0.25) is 0 Å². The van der Waals surface area contributed by atoms with Gasteiger partial charge in [-0.1, -0.05) is 0 Å². The third kappa shape index (κ3) is 4.92. The molecule has 0 radical (unpaired) electrons. The van der Waals surface area contributed by atoms with Crippen molar-refractivity contribution in [3.63, 3.8) is 0 Å². The first-order valence-corrected chi connectivity index (χ1v) is 9.40. The maximum Gasteiger partial charge on any atom is 0.186 e. The van der Waals surface area contributed by atoms with Gasteiger partial charge in [-0.05, 0) is 0 Å². The number of hydrogen-bond donors (Lipinski definition) is 9. The van der Waals surface area contributed by atoms with Crippen molar-refractivity contribution in [2.45, 2.75) is 79.9 Å². The highest BCUT2D eigenvalue weighted by atomic mass is 16.8. The van der Waals surface area contributed by atoms with Crippen LogP contribution in [0.3, 0.4) is 0 Å². The van der Waals surface area contributed by atoms with Crippen molar-refractivity contribution in [2.24, 2.45) is 0 Å². The lowest BCUT2D eigenvalue weighted by atomic mass is 9.99. The van der Waals surface area contributed by atoms with E-state index in [4.69, 9.17) is 23.7 Å². The van der Waals surface area contributed by atoms with Crippen LogP contribution in [0.1, 0.15) is 0 Å². The lowest BCUT2D eigenvalue weighted by Gasteiger charge is -2.43. The second-order valence-electron chi connectivity index (χ2n) is 7.48. The molecule has 0 aliphatic carbocycles. The SMILES string of the molecule is O[C@@H]1[C@@H](O)[C@H](O)O[C@H](CO[C@@H]2OC[C@H](O)[C@H](O)[C@H]2O[C@@H]2OC[C@H](O)[C@H](O)[C@H]2O)[C@H]1O. The van der Waals surface area contributed by atoms with Crippen molar-refractivity contribution in [3.8, 4) is 0 Å². The van der Waals surface area contributed by atoms with Gasteiger partial charge in [0, 0.05) is 0 Å². The maximum absolute atomic E-state index is 10.3. The average molecular weight is 444 g/mol. The molecule has 14 heteroatoms. The predicted molar refractivity (Wildman–Crippen MR) is 89.2 cm³/mol. The molecule has 0 aromatic carbocycles. The lowest BCUT2D eigenvalue weighted by Crippen LogP contribution is -2.61. The largest absolute Gasteiger partial charge is 0.388 e. The fraction of sp³-hybridized carbons (Fsp3) is 1.00. The van der Waals surface area contributed by atoms with Gasteiger partial charge in [0.15, 0.2) is 18.9 Å². The Balaban J connectivity index is 1.64. The standard InChI is InChI=1S/C16H28O14/c17-4-1-26-15(12(24)7(4)19)30-13-8(20)5(18)2-27-16(13)28-3-6-9(21)10(22)11(23)14(25)29-6/h4-25H,1-3H2/t4-,5-,6+,7-,8-,9+,10-,11+,12+,13+,14+,15-,16-/m0/s1. The highest BCUT2D eigenvalue weighted by Crippen LogP contribution is 2.27. The minimum absolute atomic E-state index is 0.348. The zero-order valence-corrected chi connectivity index (χ0v) is 15.7. The van der Waals surface area contributed by atoms with E-state index in [1.54, 1.807) is 0 Å². The van der Waals surface area contributed by atoms with Gasteiger partial charge in [-0.2, -0.15) is 0 Å². The van der Waals surface area contributed by atoms with Crippen molar-refractivity contribution < 1.29 is 69.6 Å². The number of aliphatic hydroxyl groups is 9. The summed E-state index contributed by atoms with van der Waals surface area (Å²) in [4.78, 5) is 0. The Morgan fingerprint density at radius 1 is 0.633 bits per heavy atom. The molecule has 176 valence electrons. The molecule has 3 fully saturated rings. The molecular weight excluding hydrogens is 416 g/mol. The fourth-order valence-electron chi connectivity index (χ4n) is 3.37. The monoisotopic (exact) mass is 444 g/mol. The molecule has 14 nitrogen and oxygen atoms in total. The number of aliphatic hydroxyl groups excluding tert-OH is 9. The van der Waals surface area contributed by atoms with E-state index in [0.29, 0.717) is 0 Å². The van der Waals surface area contributed by atoms with E-state index in [-0.39, 0.29) is 13.2 Å². The topological polar surface area (TPSA) is 228 Å². The normalized spacial score (nSPS) is 52.9. The molecule has 0 aromatic rings. The van der Waals surface area contributed by atoms with Crippen molar-refractivity contribution in [1.82, 2.24) is 0 Å². The van der Waals surface area contributed by atoms with Crippen LogP contribution in [-0.2, 0) is 23.7 Å². The molecule has 0 unspecified atom stereocenters. The highest BCUT2D eigenvalue weighted by Gasteiger charge is 2.48. The van der Waals surface area contributed by atoms with Gasteiger partial charge >= 0.3 is 0 Å². The Bertz CT molecular complexity index is 552. The van der Waals surface area contributed by atoms with Crippen LogP contribution in [0.4, 0.5) is 0 Å². The molecule has 3 heterocycles. The minimum Gasteiger partial charge on any atom is -0.388 e. The van der Waals surface area contributed by atoms with E-state index < -0.39 is 86.5 Å². The lowest BCUT2D eigenvalue weighted by molar-refractivity contribution is -0.351. The molecule has 3 rings (SSSR count).